The molecule has 0 radical (unpaired) electrons. The van der Waals surface area contributed by atoms with Crippen molar-refractivity contribution in [2.24, 2.45) is 7.05 Å². The average molecular weight is 594 g/mol. The number of aromatic carboxylic acids is 1. The molecule has 6 rings (SSSR count). The van der Waals surface area contributed by atoms with Crippen LogP contribution in [0.15, 0.2) is 60.7 Å². The Morgan fingerprint density at radius 2 is 1.61 bits per heavy atom. The number of amides is 1. The first-order chi connectivity index (χ1) is 21.2. The fourth-order valence-corrected chi connectivity index (χ4v) is 6.54. The van der Waals surface area contributed by atoms with Crippen molar-refractivity contribution in [1.29, 1.82) is 0 Å². The number of nitrogens with zero attached hydrogens (tertiary/aromatic N) is 5. The summed E-state index contributed by atoms with van der Waals surface area (Å²) in [6, 6.07) is 20.1. The van der Waals surface area contributed by atoms with E-state index in [1.807, 2.05) is 86.1 Å². The summed E-state index contributed by atoms with van der Waals surface area (Å²) in [6.07, 6.45) is 1.11. The fraction of sp³-hybridized carbons (Fsp3) is 0.343. The number of para-hydroxylation sites is 1. The van der Waals surface area contributed by atoms with Crippen LogP contribution in [0, 0.1) is 13.8 Å². The zero-order valence-corrected chi connectivity index (χ0v) is 25.8. The zero-order chi connectivity index (χ0) is 31.0. The summed E-state index contributed by atoms with van der Waals surface area (Å²) in [5.74, 6) is -0.299. The lowest BCUT2D eigenvalue weighted by Gasteiger charge is -2.32. The summed E-state index contributed by atoms with van der Waals surface area (Å²) < 4.78 is 9.79. The van der Waals surface area contributed by atoms with Gasteiger partial charge in [-0.1, -0.05) is 54.6 Å². The number of piperazine rings is 1. The van der Waals surface area contributed by atoms with Gasteiger partial charge in [0.1, 0.15) is 18.0 Å². The number of rotatable bonds is 9. The van der Waals surface area contributed by atoms with E-state index in [0.29, 0.717) is 32.5 Å². The number of carbonyl (C=O) groups excluding carboxylic acids is 1. The van der Waals surface area contributed by atoms with E-state index >= 15 is 0 Å². The maximum atomic E-state index is 13.7. The number of fused-ring (bicyclic) bond motifs is 2. The van der Waals surface area contributed by atoms with Crippen molar-refractivity contribution in [3.63, 3.8) is 0 Å². The van der Waals surface area contributed by atoms with Crippen LogP contribution in [0.5, 0.6) is 5.75 Å². The molecule has 0 aliphatic carbocycles. The summed E-state index contributed by atoms with van der Waals surface area (Å²) in [6.45, 7) is 7.22. The third kappa shape index (κ3) is 5.43. The molecule has 1 aliphatic heterocycles. The lowest BCUT2D eigenvalue weighted by molar-refractivity contribution is -0.133. The summed E-state index contributed by atoms with van der Waals surface area (Å²) in [5, 5.41) is 18.3. The number of hydrogen-bond acceptors (Lipinski definition) is 5. The topological polar surface area (TPSA) is 92.8 Å². The van der Waals surface area contributed by atoms with Gasteiger partial charge in [0, 0.05) is 60.8 Å². The van der Waals surface area contributed by atoms with E-state index in [0.717, 1.165) is 68.6 Å². The van der Waals surface area contributed by atoms with E-state index in [1.54, 1.807) is 4.57 Å². The van der Waals surface area contributed by atoms with Crippen LogP contribution in [-0.4, -0.2) is 81.0 Å². The van der Waals surface area contributed by atoms with Crippen LogP contribution in [0.2, 0.25) is 0 Å². The van der Waals surface area contributed by atoms with Gasteiger partial charge in [0.15, 0.2) is 0 Å². The molecule has 0 bridgehead atoms. The molecule has 0 saturated carbocycles. The standard InChI is InChI=1S/C35H39N5O4/c1-23-32(24(2)38(4)36-23)29-14-8-13-27-28(15-9-21-44-30-16-7-11-25-10-5-6-12-26(25)30)34(35(42)43)40(33(27)29)22-31(41)39-19-17-37(3)18-20-39/h5-8,10-14,16H,9,15,17-22H2,1-4H3,(H,42,43). The SMILES string of the molecule is Cc1nn(C)c(C)c1-c1cccc2c(CCCOc3cccc4ccccc34)c(C(=O)O)n(CC(=O)N3CCN(C)CC3)c12. The first-order valence-corrected chi connectivity index (χ1v) is 15.2. The third-order valence-electron chi connectivity index (χ3n) is 8.90. The summed E-state index contributed by atoms with van der Waals surface area (Å²) in [5.41, 5.74) is 5.34. The molecule has 2 aromatic heterocycles. The van der Waals surface area contributed by atoms with E-state index in [4.69, 9.17) is 4.74 Å². The molecular weight excluding hydrogens is 554 g/mol. The van der Waals surface area contributed by atoms with Crippen molar-refractivity contribution < 1.29 is 19.4 Å². The summed E-state index contributed by atoms with van der Waals surface area (Å²) >= 11 is 0. The second-order valence-electron chi connectivity index (χ2n) is 11.7. The Bertz CT molecular complexity index is 1860. The molecule has 9 nitrogen and oxygen atoms in total. The van der Waals surface area contributed by atoms with Gasteiger partial charge in [0.05, 0.1) is 17.8 Å². The number of ether oxygens (including phenoxy) is 1. The van der Waals surface area contributed by atoms with Crippen molar-refractivity contribution in [3.8, 4) is 16.9 Å². The van der Waals surface area contributed by atoms with Gasteiger partial charge in [-0.3, -0.25) is 9.48 Å². The number of aromatic nitrogens is 3. The molecule has 44 heavy (non-hydrogen) atoms. The molecule has 5 aromatic rings. The molecule has 1 fully saturated rings. The highest BCUT2D eigenvalue weighted by molar-refractivity contribution is 6.05. The smallest absolute Gasteiger partial charge is 0.352 e. The Hall–Kier alpha value is -4.63. The Balaban J connectivity index is 1.39. The first kappa shape index (κ1) is 29.4. The highest BCUT2D eigenvalue weighted by atomic mass is 16.5. The second kappa shape index (κ2) is 12.2. The zero-order valence-electron chi connectivity index (χ0n) is 25.8. The Morgan fingerprint density at radius 1 is 0.909 bits per heavy atom. The maximum absolute atomic E-state index is 13.7. The number of hydrogen-bond donors (Lipinski definition) is 1. The number of benzene rings is 3. The minimum absolute atomic E-state index is 0.0380. The highest BCUT2D eigenvalue weighted by Gasteiger charge is 2.29. The third-order valence-corrected chi connectivity index (χ3v) is 8.90. The van der Waals surface area contributed by atoms with Crippen LogP contribution in [-0.2, 0) is 24.8 Å². The van der Waals surface area contributed by atoms with Crippen molar-refractivity contribution in [2.75, 3.05) is 39.8 Å². The number of carbonyl (C=O) groups is 2. The van der Waals surface area contributed by atoms with Crippen molar-refractivity contribution in [2.45, 2.75) is 33.2 Å². The number of carboxylic acids is 1. The lowest BCUT2D eigenvalue weighted by Crippen LogP contribution is -2.48. The highest BCUT2D eigenvalue weighted by Crippen LogP contribution is 2.38. The van der Waals surface area contributed by atoms with Crippen LogP contribution in [0.3, 0.4) is 0 Å². The van der Waals surface area contributed by atoms with Crippen LogP contribution < -0.4 is 4.74 Å². The maximum Gasteiger partial charge on any atom is 0.352 e. The molecule has 0 unspecified atom stereocenters. The van der Waals surface area contributed by atoms with E-state index in [9.17, 15) is 14.7 Å². The largest absolute Gasteiger partial charge is 0.493 e. The predicted molar refractivity (Wildman–Crippen MR) is 172 cm³/mol. The van der Waals surface area contributed by atoms with Gasteiger partial charge in [-0.05, 0) is 50.8 Å². The normalized spacial score (nSPS) is 14.0. The second-order valence-corrected chi connectivity index (χ2v) is 11.7. The molecule has 0 spiro atoms. The molecule has 1 saturated heterocycles. The Labute approximate surface area is 257 Å². The van der Waals surface area contributed by atoms with Crippen LogP contribution in [0.4, 0.5) is 0 Å². The quantitative estimate of drug-likeness (QED) is 0.233. The molecule has 228 valence electrons. The summed E-state index contributed by atoms with van der Waals surface area (Å²) in [7, 11) is 3.96. The average Bonchev–Trinajstić information content (AvgIpc) is 3.46. The van der Waals surface area contributed by atoms with E-state index in [1.165, 1.54) is 0 Å². The molecule has 3 aromatic carbocycles. The number of carboxylic acid groups (broad SMARTS) is 1. The fourth-order valence-electron chi connectivity index (χ4n) is 6.54. The van der Waals surface area contributed by atoms with Gasteiger partial charge in [0.2, 0.25) is 5.91 Å². The minimum atomic E-state index is -1.04. The molecule has 1 N–H and O–H groups in total. The van der Waals surface area contributed by atoms with E-state index in [-0.39, 0.29) is 18.1 Å². The van der Waals surface area contributed by atoms with E-state index < -0.39 is 5.97 Å². The number of aryl methyl sites for hydroxylation is 3. The molecular formula is C35H39N5O4. The van der Waals surface area contributed by atoms with Crippen LogP contribution in [0.25, 0.3) is 32.8 Å². The predicted octanol–water partition coefficient (Wildman–Crippen LogP) is 5.30. The van der Waals surface area contributed by atoms with Gasteiger partial charge in [0.25, 0.3) is 0 Å². The molecule has 9 heteroatoms. The van der Waals surface area contributed by atoms with Gasteiger partial charge < -0.3 is 24.2 Å². The molecule has 3 heterocycles. The lowest BCUT2D eigenvalue weighted by atomic mass is 9.98. The van der Waals surface area contributed by atoms with Crippen molar-refractivity contribution in [1.82, 2.24) is 24.1 Å². The minimum Gasteiger partial charge on any atom is -0.493 e. The Kier molecular flexibility index (Phi) is 8.14. The van der Waals surface area contributed by atoms with E-state index in [2.05, 4.69) is 22.1 Å². The van der Waals surface area contributed by atoms with Gasteiger partial charge in [-0.2, -0.15) is 5.10 Å². The molecule has 1 amide bonds. The molecule has 0 atom stereocenters. The van der Waals surface area contributed by atoms with Crippen LogP contribution >= 0.6 is 0 Å². The van der Waals surface area contributed by atoms with Crippen LogP contribution in [0.1, 0.15) is 33.9 Å². The monoisotopic (exact) mass is 593 g/mol. The van der Waals surface area contributed by atoms with Crippen molar-refractivity contribution >= 4 is 33.6 Å². The van der Waals surface area contributed by atoms with Gasteiger partial charge in [-0.15, -0.1) is 0 Å². The first-order valence-electron chi connectivity index (χ1n) is 15.2. The van der Waals surface area contributed by atoms with Gasteiger partial charge >= 0.3 is 5.97 Å². The summed E-state index contributed by atoms with van der Waals surface area (Å²) in [4.78, 5) is 30.7. The van der Waals surface area contributed by atoms with Crippen molar-refractivity contribution in [3.05, 3.63) is 83.3 Å². The Morgan fingerprint density at radius 3 is 2.34 bits per heavy atom. The number of likely N-dealkylation sites (N-methyl/N-ethyl adjacent to an activating group) is 1. The van der Waals surface area contributed by atoms with Gasteiger partial charge in [-0.25, -0.2) is 4.79 Å². The molecule has 1 aliphatic rings.